The molecular formula is C27H46N2. The zero-order chi connectivity index (χ0) is 20.3. The number of nitrogens with one attached hydrogen (secondary N) is 1. The molecular weight excluding hydrogens is 352 g/mol. The number of hydrogen-bond acceptors (Lipinski definition) is 1. The van der Waals surface area contributed by atoms with E-state index in [0.717, 1.165) is 18.2 Å². The number of rotatable bonds is 15. The lowest BCUT2D eigenvalue weighted by Gasteiger charge is -2.19. The molecule has 0 radical (unpaired) electrons. The van der Waals surface area contributed by atoms with Crippen LogP contribution in [0.5, 0.6) is 0 Å². The molecule has 0 bridgehead atoms. The normalized spacial score (nSPS) is 15.1. The van der Waals surface area contributed by atoms with Crippen molar-refractivity contribution in [1.82, 2.24) is 4.57 Å². The van der Waals surface area contributed by atoms with Gasteiger partial charge in [0.15, 0.2) is 0 Å². The summed E-state index contributed by atoms with van der Waals surface area (Å²) in [5.41, 5.74) is 5.86. The van der Waals surface area contributed by atoms with Crippen LogP contribution in [0, 0.1) is 5.41 Å². The Morgan fingerprint density at radius 2 is 1.00 bits per heavy atom. The van der Waals surface area contributed by atoms with Crippen molar-refractivity contribution in [3.63, 3.8) is 0 Å². The van der Waals surface area contributed by atoms with Crippen LogP contribution < -0.4 is 5.36 Å². The van der Waals surface area contributed by atoms with Gasteiger partial charge in [0.2, 0.25) is 0 Å². The Kier molecular flexibility index (Phi) is 9.83. The van der Waals surface area contributed by atoms with E-state index in [-0.39, 0.29) is 0 Å². The van der Waals surface area contributed by atoms with Gasteiger partial charge in [0.1, 0.15) is 0 Å². The summed E-state index contributed by atoms with van der Waals surface area (Å²) in [7, 11) is 0. The first-order valence-electron chi connectivity index (χ1n) is 13.1. The third kappa shape index (κ3) is 6.46. The number of aromatic nitrogens is 1. The Morgan fingerprint density at radius 1 is 0.586 bits per heavy atom. The number of nitrogens with zero attached hydrogens (tertiary/aromatic N) is 1. The van der Waals surface area contributed by atoms with Crippen molar-refractivity contribution in [3.8, 4) is 0 Å². The van der Waals surface area contributed by atoms with Gasteiger partial charge in [-0.15, -0.1) is 0 Å². The summed E-state index contributed by atoms with van der Waals surface area (Å²) in [6.45, 7) is 3.51. The molecule has 2 heteroatoms. The van der Waals surface area contributed by atoms with Crippen LogP contribution in [0.15, 0.2) is 0 Å². The van der Waals surface area contributed by atoms with Gasteiger partial charge < -0.3 is 9.98 Å². The average Bonchev–Trinajstić information content (AvgIpc) is 3.40. The molecule has 0 unspecified atom stereocenters. The maximum Gasteiger partial charge on any atom is 0.0638 e. The minimum atomic E-state index is 0.919. The lowest BCUT2D eigenvalue weighted by atomic mass is 10.0. The second-order valence-electron chi connectivity index (χ2n) is 9.68. The molecule has 1 aromatic heterocycles. The van der Waals surface area contributed by atoms with Crippen LogP contribution in [0.25, 0.3) is 0 Å². The lowest BCUT2D eigenvalue weighted by molar-refractivity contribution is 0.515. The summed E-state index contributed by atoms with van der Waals surface area (Å²) in [5.74, 6) is 0. The molecule has 0 spiro atoms. The lowest BCUT2D eigenvalue weighted by Crippen LogP contribution is -2.22. The maximum absolute atomic E-state index is 8.58. The minimum Gasteiger partial charge on any atom is -0.348 e. The zero-order valence-electron chi connectivity index (χ0n) is 19.3. The number of hydrogen-bond donors (Lipinski definition) is 1. The SMILES string of the molecule is CCCCCCCCCCCCCCCCn1c2c(c(=N)c3c1CCC3)CCC2. The summed E-state index contributed by atoms with van der Waals surface area (Å²) in [4.78, 5) is 0. The van der Waals surface area contributed by atoms with Crippen molar-refractivity contribution < 1.29 is 0 Å². The van der Waals surface area contributed by atoms with E-state index in [0.29, 0.717) is 0 Å². The van der Waals surface area contributed by atoms with E-state index in [1.807, 2.05) is 0 Å². The molecule has 0 fully saturated rings. The number of unbranched alkanes of at least 4 members (excludes halogenated alkanes) is 13. The van der Waals surface area contributed by atoms with Gasteiger partial charge >= 0.3 is 0 Å². The summed E-state index contributed by atoms with van der Waals surface area (Å²) in [5, 5.41) is 9.50. The Hall–Kier alpha value is -1.05. The van der Waals surface area contributed by atoms with Gasteiger partial charge in [-0.05, 0) is 56.1 Å². The highest BCUT2D eigenvalue weighted by molar-refractivity contribution is 5.36. The summed E-state index contributed by atoms with van der Waals surface area (Å²) < 4.78 is 2.67. The van der Waals surface area contributed by atoms with Crippen molar-refractivity contribution >= 4 is 0 Å². The van der Waals surface area contributed by atoms with Crippen molar-refractivity contribution in [2.75, 3.05) is 0 Å². The van der Waals surface area contributed by atoms with Gasteiger partial charge in [0.05, 0.1) is 5.36 Å². The molecule has 3 rings (SSSR count). The Labute approximate surface area is 180 Å². The maximum atomic E-state index is 8.58. The fraction of sp³-hybridized carbons (Fsp3) is 0.815. The quantitative estimate of drug-likeness (QED) is 0.298. The van der Waals surface area contributed by atoms with Crippen LogP contribution in [0.1, 0.15) is 132 Å². The van der Waals surface area contributed by atoms with E-state index in [1.54, 1.807) is 0 Å². The fourth-order valence-electron chi connectivity index (χ4n) is 5.67. The Morgan fingerprint density at radius 3 is 1.45 bits per heavy atom. The summed E-state index contributed by atoms with van der Waals surface area (Å²) >= 11 is 0. The van der Waals surface area contributed by atoms with E-state index >= 15 is 0 Å². The first-order valence-corrected chi connectivity index (χ1v) is 13.1. The van der Waals surface area contributed by atoms with Crippen LogP contribution >= 0.6 is 0 Å². The smallest absolute Gasteiger partial charge is 0.0638 e. The Balaban J connectivity index is 1.26. The summed E-state index contributed by atoms with van der Waals surface area (Å²) in [6, 6.07) is 0. The highest BCUT2D eigenvalue weighted by Crippen LogP contribution is 2.28. The third-order valence-corrected chi connectivity index (χ3v) is 7.37. The topological polar surface area (TPSA) is 28.8 Å². The van der Waals surface area contributed by atoms with Crippen molar-refractivity contribution in [2.45, 2.75) is 142 Å². The molecule has 2 aliphatic carbocycles. The first kappa shape index (κ1) is 22.6. The second-order valence-corrected chi connectivity index (χ2v) is 9.68. The number of pyridine rings is 1. The van der Waals surface area contributed by atoms with Crippen LogP contribution in [0.2, 0.25) is 0 Å². The van der Waals surface area contributed by atoms with Gasteiger partial charge in [-0.2, -0.15) is 0 Å². The standard InChI is InChI=1S/C27H46N2/c1-2-3-4-5-6-7-8-9-10-11-12-13-14-15-22-29-25-20-16-18-23(25)27(28)24-19-17-21-26(24)29/h28H,2-22H2,1H3. The van der Waals surface area contributed by atoms with E-state index in [1.165, 1.54) is 145 Å². The molecule has 0 saturated heterocycles. The van der Waals surface area contributed by atoms with Gasteiger partial charge in [-0.25, -0.2) is 0 Å². The highest BCUT2D eigenvalue weighted by atomic mass is 15.0. The largest absolute Gasteiger partial charge is 0.348 e. The summed E-state index contributed by atoms with van der Waals surface area (Å²) in [6.07, 6.45) is 27.3. The predicted octanol–water partition coefficient (Wildman–Crippen LogP) is 7.43. The fourth-order valence-corrected chi connectivity index (χ4v) is 5.67. The van der Waals surface area contributed by atoms with Gasteiger partial charge in [0, 0.05) is 17.9 Å². The van der Waals surface area contributed by atoms with Crippen molar-refractivity contribution in [2.24, 2.45) is 0 Å². The molecule has 2 nitrogen and oxygen atoms in total. The van der Waals surface area contributed by atoms with E-state index in [4.69, 9.17) is 5.41 Å². The zero-order valence-corrected chi connectivity index (χ0v) is 19.3. The van der Waals surface area contributed by atoms with Crippen LogP contribution in [0.3, 0.4) is 0 Å². The average molecular weight is 399 g/mol. The molecule has 0 saturated carbocycles. The minimum absolute atomic E-state index is 0.919. The molecule has 0 atom stereocenters. The van der Waals surface area contributed by atoms with Crippen LogP contribution in [-0.2, 0) is 32.2 Å². The molecule has 1 heterocycles. The van der Waals surface area contributed by atoms with Crippen molar-refractivity contribution in [1.29, 1.82) is 5.41 Å². The third-order valence-electron chi connectivity index (χ3n) is 7.37. The van der Waals surface area contributed by atoms with Crippen LogP contribution in [0.4, 0.5) is 0 Å². The van der Waals surface area contributed by atoms with E-state index < -0.39 is 0 Å². The molecule has 29 heavy (non-hydrogen) atoms. The molecule has 0 amide bonds. The van der Waals surface area contributed by atoms with Gasteiger partial charge in [-0.3, -0.25) is 0 Å². The molecule has 2 aliphatic rings. The molecule has 0 aliphatic heterocycles. The van der Waals surface area contributed by atoms with Gasteiger partial charge in [-0.1, -0.05) is 90.4 Å². The number of fused-ring (bicyclic) bond motifs is 2. The second kappa shape index (κ2) is 12.6. The van der Waals surface area contributed by atoms with Gasteiger partial charge in [0.25, 0.3) is 0 Å². The molecule has 1 N–H and O–H groups in total. The van der Waals surface area contributed by atoms with E-state index in [2.05, 4.69) is 11.5 Å². The molecule has 0 aromatic carbocycles. The predicted molar refractivity (Wildman–Crippen MR) is 125 cm³/mol. The highest BCUT2D eigenvalue weighted by Gasteiger charge is 2.24. The monoisotopic (exact) mass is 398 g/mol. The van der Waals surface area contributed by atoms with Crippen LogP contribution in [-0.4, -0.2) is 4.57 Å². The van der Waals surface area contributed by atoms with E-state index in [9.17, 15) is 0 Å². The molecule has 164 valence electrons. The first-order chi connectivity index (χ1) is 14.3. The molecule has 1 aromatic rings. The van der Waals surface area contributed by atoms with Crippen molar-refractivity contribution in [3.05, 3.63) is 27.9 Å². The Bertz CT molecular complexity index is 632.